The minimum absolute atomic E-state index is 0.0715. The van der Waals surface area contributed by atoms with Crippen LogP contribution in [-0.4, -0.2) is 48.6 Å². The van der Waals surface area contributed by atoms with Crippen LogP contribution in [-0.2, 0) is 23.8 Å². The van der Waals surface area contributed by atoms with Crippen LogP contribution in [0.3, 0.4) is 0 Å². The monoisotopic (exact) mass is 679 g/mol. The SMILES string of the molecule is CCCCCCCCCCCCCCCCCCCCC(=O)O[C@@H](CO)COC(=O)CCCCCCC/C=C\CC1OC1CCCCC. The van der Waals surface area contributed by atoms with E-state index in [1.54, 1.807) is 0 Å². The lowest BCUT2D eigenvalue weighted by Gasteiger charge is -2.15. The highest BCUT2D eigenvalue weighted by Crippen LogP contribution is 2.30. The lowest BCUT2D eigenvalue weighted by Crippen LogP contribution is -2.28. The molecule has 0 aromatic carbocycles. The Morgan fingerprint density at radius 3 is 1.56 bits per heavy atom. The number of carbonyl (C=O) groups is 2. The van der Waals surface area contributed by atoms with Crippen molar-refractivity contribution < 1.29 is 28.9 Å². The van der Waals surface area contributed by atoms with E-state index in [0.29, 0.717) is 25.0 Å². The van der Waals surface area contributed by atoms with Gasteiger partial charge in [-0.15, -0.1) is 0 Å². The maximum absolute atomic E-state index is 12.2. The van der Waals surface area contributed by atoms with Crippen LogP contribution in [0.5, 0.6) is 0 Å². The highest BCUT2D eigenvalue weighted by Gasteiger charge is 2.36. The normalized spacial score (nSPS) is 16.4. The van der Waals surface area contributed by atoms with Gasteiger partial charge >= 0.3 is 11.9 Å². The van der Waals surface area contributed by atoms with Gasteiger partial charge in [0.05, 0.1) is 18.8 Å². The number of aliphatic hydroxyl groups excluding tert-OH is 1. The molecule has 1 fully saturated rings. The van der Waals surface area contributed by atoms with Crippen LogP contribution in [0.2, 0.25) is 0 Å². The van der Waals surface area contributed by atoms with E-state index in [1.807, 2.05) is 0 Å². The standard InChI is InChI=1S/C42H78O6/c1-3-5-7-8-9-10-11-12-13-14-15-16-17-18-19-24-27-31-35-42(45)47-38(36-43)37-46-41(44)34-30-26-23-21-20-22-25-29-33-40-39(48-40)32-28-6-4-2/h25,29,38-40,43H,3-24,26-28,30-37H2,1-2H3/b29-25-/t38-,39?,40?/m0/s1. The van der Waals surface area contributed by atoms with Crippen molar-refractivity contribution in [2.45, 2.75) is 231 Å². The molecule has 0 aromatic rings. The summed E-state index contributed by atoms with van der Waals surface area (Å²) in [5.74, 6) is -0.602. The molecule has 0 saturated carbocycles. The fraction of sp³-hybridized carbons (Fsp3) is 0.905. The average molecular weight is 679 g/mol. The molecule has 0 bridgehead atoms. The van der Waals surface area contributed by atoms with Crippen LogP contribution in [0.4, 0.5) is 0 Å². The number of allylic oxidation sites excluding steroid dienone is 1. The maximum Gasteiger partial charge on any atom is 0.306 e. The van der Waals surface area contributed by atoms with Gasteiger partial charge in [-0.2, -0.15) is 0 Å². The Labute approximate surface area is 296 Å². The van der Waals surface area contributed by atoms with Gasteiger partial charge in [0.1, 0.15) is 6.61 Å². The number of unbranched alkanes of at least 4 members (excludes halogenated alkanes) is 24. The predicted molar refractivity (Wildman–Crippen MR) is 200 cm³/mol. The molecule has 0 amide bonds. The topological polar surface area (TPSA) is 85.4 Å². The Bertz CT molecular complexity index is 752. The molecule has 0 spiro atoms. The average Bonchev–Trinajstić information content (AvgIpc) is 3.84. The number of rotatable bonds is 37. The van der Waals surface area contributed by atoms with E-state index in [9.17, 15) is 14.7 Å². The van der Waals surface area contributed by atoms with Crippen molar-refractivity contribution in [2.75, 3.05) is 13.2 Å². The zero-order chi connectivity index (χ0) is 34.8. The number of aliphatic hydroxyl groups is 1. The smallest absolute Gasteiger partial charge is 0.306 e. The molecule has 1 N–H and O–H groups in total. The summed E-state index contributed by atoms with van der Waals surface area (Å²) in [4.78, 5) is 24.3. The molecular weight excluding hydrogens is 600 g/mol. The second-order valence-corrected chi connectivity index (χ2v) is 14.5. The number of hydrogen-bond acceptors (Lipinski definition) is 6. The van der Waals surface area contributed by atoms with Gasteiger partial charge < -0.3 is 19.3 Å². The van der Waals surface area contributed by atoms with Gasteiger partial charge in [0, 0.05) is 12.8 Å². The van der Waals surface area contributed by atoms with Crippen molar-refractivity contribution in [1.29, 1.82) is 0 Å². The molecule has 0 radical (unpaired) electrons. The summed E-state index contributed by atoms with van der Waals surface area (Å²) in [5.41, 5.74) is 0. The Morgan fingerprint density at radius 1 is 0.583 bits per heavy atom. The molecule has 1 rings (SSSR count). The van der Waals surface area contributed by atoms with Crippen LogP contribution in [0, 0.1) is 0 Å². The molecule has 1 saturated heterocycles. The fourth-order valence-corrected chi connectivity index (χ4v) is 6.44. The van der Waals surface area contributed by atoms with Gasteiger partial charge in [-0.05, 0) is 38.5 Å². The summed E-state index contributed by atoms with van der Waals surface area (Å²) in [5, 5.41) is 9.57. The first-order chi connectivity index (χ1) is 23.6. The van der Waals surface area contributed by atoms with Crippen LogP contribution >= 0.6 is 0 Å². The highest BCUT2D eigenvalue weighted by molar-refractivity contribution is 5.70. The van der Waals surface area contributed by atoms with Crippen LogP contribution in [0.1, 0.15) is 213 Å². The summed E-state index contributed by atoms with van der Waals surface area (Å²) < 4.78 is 16.4. The number of carbonyl (C=O) groups excluding carboxylic acids is 2. The van der Waals surface area contributed by atoms with Gasteiger partial charge in [-0.25, -0.2) is 0 Å². The van der Waals surface area contributed by atoms with Crippen LogP contribution in [0.15, 0.2) is 12.2 Å². The lowest BCUT2D eigenvalue weighted by molar-refractivity contribution is -0.161. The van der Waals surface area contributed by atoms with Gasteiger partial charge in [0.25, 0.3) is 0 Å². The molecule has 3 atom stereocenters. The molecule has 6 heteroatoms. The Hall–Kier alpha value is -1.40. The van der Waals surface area contributed by atoms with Crippen molar-refractivity contribution in [3.05, 3.63) is 12.2 Å². The predicted octanol–water partition coefficient (Wildman–Crippen LogP) is 11.9. The first-order valence-corrected chi connectivity index (χ1v) is 20.9. The maximum atomic E-state index is 12.2. The zero-order valence-electron chi connectivity index (χ0n) is 31.7. The summed E-state index contributed by atoms with van der Waals surface area (Å²) >= 11 is 0. The number of epoxide rings is 1. The van der Waals surface area contributed by atoms with Crippen molar-refractivity contribution in [1.82, 2.24) is 0 Å². The molecular formula is C42H78O6. The molecule has 0 aliphatic carbocycles. The van der Waals surface area contributed by atoms with Crippen molar-refractivity contribution in [3.63, 3.8) is 0 Å². The summed E-state index contributed by atoms with van der Waals surface area (Å²) in [6.45, 7) is 4.11. The van der Waals surface area contributed by atoms with Gasteiger partial charge in [0.2, 0.25) is 0 Å². The van der Waals surface area contributed by atoms with E-state index < -0.39 is 6.10 Å². The number of hydrogen-bond donors (Lipinski definition) is 1. The minimum Gasteiger partial charge on any atom is -0.462 e. The molecule has 1 aliphatic rings. The third-order valence-electron chi connectivity index (χ3n) is 9.73. The van der Waals surface area contributed by atoms with E-state index in [0.717, 1.165) is 51.4 Å². The third-order valence-corrected chi connectivity index (χ3v) is 9.73. The van der Waals surface area contributed by atoms with Gasteiger partial charge in [0.15, 0.2) is 6.10 Å². The van der Waals surface area contributed by atoms with E-state index in [-0.39, 0.29) is 25.2 Å². The molecule has 1 aliphatic heterocycles. The second-order valence-electron chi connectivity index (χ2n) is 14.5. The number of ether oxygens (including phenoxy) is 3. The van der Waals surface area contributed by atoms with Crippen molar-refractivity contribution in [3.8, 4) is 0 Å². The van der Waals surface area contributed by atoms with E-state index >= 15 is 0 Å². The third kappa shape index (κ3) is 29.5. The molecule has 282 valence electrons. The fourth-order valence-electron chi connectivity index (χ4n) is 6.44. The molecule has 6 nitrogen and oxygen atoms in total. The van der Waals surface area contributed by atoms with E-state index in [1.165, 1.54) is 135 Å². The van der Waals surface area contributed by atoms with Gasteiger partial charge in [-0.1, -0.05) is 174 Å². The lowest BCUT2D eigenvalue weighted by atomic mass is 10.0. The Kier molecular flexibility index (Phi) is 31.7. The summed E-state index contributed by atoms with van der Waals surface area (Å²) in [7, 11) is 0. The first-order valence-electron chi connectivity index (χ1n) is 20.9. The molecule has 48 heavy (non-hydrogen) atoms. The number of esters is 2. The van der Waals surface area contributed by atoms with E-state index in [2.05, 4.69) is 26.0 Å². The van der Waals surface area contributed by atoms with Crippen LogP contribution < -0.4 is 0 Å². The largest absolute Gasteiger partial charge is 0.462 e. The second kappa shape index (κ2) is 34.1. The summed E-state index contributed by atoms with van der Waals surface area (Å²) in [6, 6.07) is 0. The quantitative estimate of drug-likeness (QED) is 0.0305. The van der Waals surface area contributed by atoms with E-state index in [4.69, 9.17) is 14.2 Å². The first kappa shape index (κ1) is 44.6. The molecule has 1 heterocycles. The Morgan fingerprint density at radius 2 is 1.04 bits per heavy atom. The summed E-state index contributed by atoms with van der Waals surface area (Å²) in [6.07, 6.45) is 41.6. The minimum atomic E-state index is -0.775. The molecule has 2 unspecified atom stereocenters. The van der Waals surface area contributed by atoms with Crippen molar-refractivity contribution >= 4 is 11.9 Å². The van der Waals surface area contributed by atoms with Gasteiger partial charge in [-0.3, -0.25) is 9.59 Å². The van der Waals surface area contributed by atoms with Crippen LogP contribution in [0.25, 0.3) is 0 Å². The van der Waals surface area contributed by atoms with Crippen molar-refractivity contribution in [2.24, 2.45) is 0 Å². The molecule has 0 aromatic heterocycles. The Balaban J connectivity index is 1.84. The zero-order valence-corrected chi connectivity index (χ0v) is 31.7. The highest BCUT2D eigenvalue weighted by atomic mass is 16.6.